The Morgan fingerprint density at radius 3 is 1.81 bits per heavy atom. The zero-order valence-corrected chi connectivity index (χ0v) is 16.1. The first-order valence-corrected chi connectivity index (χ1v) is 11.5. The number of carbonyl (C=O) groups is 1. The lowest BCUT2D eigenvalue weighted by molar-refractivity contribution is -0.147. The highest BCUT2D eigenvalue weighted by molar-refractivity contribution is 7.86. The van der Waals surface area contributed by atoms with Gasteiger partial charge in [0.25, 0.3) is 10.1 Å². The van der Waals surface area contributed by atoms with Crippen LogP contribution < -0.4 is 10.6 Å². The van der Waals surface area contributed by atoms with Gasteiger partial charge >= 0.3 is 5.97 Å². The molecule has 8 heteroatoms. The number of aliphatic hydroxyl groups excluding tert-OH is 1. The number of carboxylic acids is 1. The summed E-state index contributed by atoms with van der Waals surface area (Å²) in [5.74, 6) is -2.50. The van der Waals surface area contributed by atoms with Crippen molar-refractivity contribution in [1.29, 1.82) is 0 Å². The summed E-state index contributed by atoms with van der Waals surface area (Å²) >= 11 is 0. The van der Waals surface area contributed by atoms with E-state index < -0.39 is 46.9 Å². The average Bonchev–Trinajstić information content (AvgIpc) is 2.64. The Kier molecular flexibility index (Phi) is 5.96. The van der Waals surface area contributed by atoms with Crippen LogP contribution in [0.15, 0.2) is 60.7 Å². The summed E-state index contributed by atoms with van der Waals surface area (Å²) in [5, 5.41) is 21.0. The van der Waals surface area contributed by atoms with Crippen molar-refractivity contribution in [2.24, 2.45) is 5.92 Å². The van der Waals surface area contributed by atoms with Crippen molar-refractivity contribution in [3.05, 3.63) is 60.7 Å². The average molecular weight is 408 g/mol. The smallest absolute Gasteiger partial charge is 0.309 e. The number of benzene rings is 2. The van der Waals surface area contributed by atoms with E-state index in [0.29, 0.717) is 0 Å². The number of aliphatic carboxylic acids is 1. The minimum Gasteiger partial charge on any atom is -0.481 e. The molecular weight excluding hydrogens is 387 g/mol. The largest absolute Gasteiger partial charge is 0.481 e. The molecule has 0 radical (unpaired) electrons. The van der Waals surface area contributed by atoms with Crippen molar-refractivity contribution in [3.63, 3.8) is 0 Å². The molecule has 1 fully saturated rings. The Morgan fingerprint density at radius 2 is 1.41 bits per heavy atom. The molecule has 0 aliphatic heterocycles. The van der Waals surface area contributed by atoms with E-state index in [1.165, 1.54) is 0 Å². The molecule has 0 bridgehead atoms. The van der Waals surface area contributed by atoms with Gasteiger partial charge in [0.05, 0.1) is 17.3 Å². The molecule has 1 aliphatic rings. The minimum atomic E-state index is -4.41. The molecule has 1 saturated carbocycles. The van der Waals surface area contributed by atoms with E-state index >= 15 is 0 Å². The lowest BCUT2D eigenvalue weighted by Crippen LogP contribution is -2.49. The van der Waals surface area contributed by atoms with Crippen LogP contribution in [0.1, 0.15) is 12.8 Å². The summed E-state index contributed by atoms with van der Waals surface area (Å²) in [6.07, 6.45) is -1.48. The second kappa shape index (κ2) is 8.07. The van der Waals surface area contributed by atoms with Crippen LogP contribution in [0.25, 0.3) is 0 Å². The van der Waals surface area contributed by atoms with Crippen molar-refractivity contribution in [3.8, 4) is 0 Å². The van der Waals surface area contributed by atoms with Crippen LogP contribution in [0, 0.1) is 5.92 Å². The molecule has 27 heavy (non-hydrogen) atoms. The molecule has 0 aromatic heterocycles. The van der Waals surface area contributed by atoms with Crippen LogP contribution in [-0.4, -0.2) is 46.2 Å². The number of rotatable bonds is 5. The first kappa shape index (κ1) is 20.0. The molecule has 4 atom stereocenters. The third-order valence-corrected chi connectivity index (χ3v) is 9.08. The second-order valence-electron chi connectivity index (χ2n) is 6.65. The van der Waals surface area contributed by atoms with E-state index in [1.807, 2.05) is 60.7 Å². The highest BCUT2D eigenvalue weighted by Crippen LogP contribution is 2.48. The SMILES string of the molecule is O=C(O)C1CC(S(=O)(=O)O)CC(P(c2ccccc2)c2ccccc2)C1O. The minimum absolute atomic E-state index is 0.0132. The van der Waals surface area contributed by atoms with E-state index in [0.717, 1.165) is 10.6 Å². The molecule has 0 amide bonds. The highest BCUT2D eigenvalue weighted by atomic mass is 32.2. The summed E-state index contributed by atoms with van der Waals surface area (Å²) < 4.78 is 33.2. The van der Waals surface area contributed by atoms with Gasteiger partial charge in [-0.2, -0.15) is 8.42 Å². The van der Waals surface area contributed by atoms with Gasteiger partial charge in [-0.3, -0.25) is 9.35 Å². The zero-order valence-electron chi connectivity index (χ0n) is 14.4. The lowest BCUT2D eigenvalue weighted by atomic mass is 9.86. The van der Waals surface area contributed by atoms with E-state index in [-0.39, 0.29) is 12.8 Å². The fourth-order valence-corrected chi connectivity index (χ4v) is 7.73. The van der Waals surface area contributed by atoms with E-state index in [9.17, 15) is 28.0 Å². The predicted molar refractivity (Wildman–Crippen MR) is 105 cm³/mol. The number of hydrogen-bond acceptors (Lipinski definition) is 4. The van der Waals surface area contributed by atoms with Gasteiger partial charge < -0.3 is 10.2 Å². The van der Waals surface area contributed by atoms with Crippen molar-refractivity contribution in [2.75, 3.05) is 0 Å². The molecule has 0 heterocycles. The van der Waals surface area contributed by atoms with Crippen molar-refractivity contribution < 1.29 is 28.0 Å². The first-order valence-electron chi connectivity index (χ1n) is 8.55. The van der Waals surface area contributed by atoms with Gasteiger partial charge in [-0.05, 0) is 31.4 Å². The van der Waals surface area contributed by atoms with Crippen LogP contribution in [0.4, 0.5) is 0 Å². The molecule has 1 aliphatic carbocycles. The zero-order chi connectivity index (χ0) is 19.6. The number of hydrogen-bond donors (Lipinski definition) is 3. The maximum Gasteiger partial charge on any atom is 0.309 e. The molecule has 144 valence electrons. The molecule has 3 rings (SSSR count). The molecule has 0 saturated heterocycles. The summed E-state index contributed by atoms with van der Waals surface area (Å²) in [4.78, 5) is 11.6. The molecule has 2 aromatic carbocycles. The third kappa shape index (κ3) is 4.38. The molecule has 4 unspecified atom stereocenters. The second-order valence-corrected chi connectivity index (χ2v) is 10.8. The highest BCUT2D eigenvalue weighted by Gasteiger charge is 2.47. The molecule has 6 nitrogen and oxygen atoms in total. The summed E-state index contributed by atoms with van der Waals surface area (Å²) in [6.45, 7) is 0. The van der Waals surface area contributed by atoms with Crippen molar-refractivity contribution in [2.45, 2.75) is 29.9 Å². The van der Waals surface area contributed by atoms with Gasteiger partial charge in [-0.15, -0.1) is 0 Å². The van der Waals surface area contributed by atoms with Crippen LogP contribution in [-0.2, 0) is 14.9 Å². The number of aliphatic hydroxyl groups is 1. The Balaban J connectivity index is 2.10. The Labute approximate surface area is 159 Å². The quantitative estimate of drug-likeness (QED) is 0.512. The fourth-order valence-electron chi connectivity index (χ4n) is 3.65. The van der Waals surface area contributed by atoms with Crippen LogP contribution in [0.3, 0.4) is 0 Å². The Morgan fingerprint density at radius 1 is 0.926 bits per heavy atom. The summed E-state index contributed by atoms with van der Waals surface area (Å²) in [7, 11) is -5.63. The normalized spacial score (nSPS) is 26.0. The maximum absolute atomic E-state index is 11.8. The van der Waals surface area contributed by atoms with Crippen molar-refractivity contribution in [1.82, 2.24) is 0 Å². The van der Waals surface area contributed by atoms with E-state index in [2.05, 4.69) is 0 Å². The van der Waals surface area contributed by atoms with Crippen LogP contribution in [0.2, 0.25) is 0 Å². The predicted octanol–water partition coefficient (Wildman–Crippen LogP) is 1.60. The first-order chi connectivity index (χ1) is 12.8. The third-order valence-electron chi connectivity index (χ3n) is 4.97. The van der Waals surface area contributed by atoms with Gasteiger partial charge in [0.1, 0.15) is 0 Å². The van der Waals surface area contributed by atoms with E-state index in [1.54, 1.807) is 0 Å². The molecule has 2 aromatic rings. The lowest BCUT2D eigenvalue weighted by Gasteiger charge is -2.40. The molecule has 3 N–H and O–H groups in total. The summed E-state index contributed by atoms with van der Waals surface area (Å²) in [5.41, 5.74) is -0.605. The van der Waals surface area contributed by atoms with Gasteiger partial charge in [0, 0.05) is 5.66 Å². The Bertz CT molecular complexity index is 847. The van der Waals surface area contributed by atoms with Gasteiger partial charge in [-0.1, -0.05) is 60.7 Å². The molecular formula is C19H21O6PS. The molecule has 0 spiro atoms. The maximum atomic E-state index is 11.8. The Hall–Kier alpha value is -1.79. The van der Waals surface area contributed by atoms with Gasteiger partial charge in [0.2, 0.25) is 0 Å². The topological polar surface area (TPSA) is 112 Å². The van der Waals surface area contributed by atoms with Gasteiger partial charge in [0.15, 0.2) is 0 Å². The number of carboxylic acid groups (broad SMARTS) is 1. The van der Waals surface area contributed by atoms with Gasteiger partial charge in [-0.25, -0.2) is 0 Å². The standard InChI is InChI=1S/C19H21O6PS/c20-18-16(19(21)22)11-15(27(23,24)25)12-17(18)26(13-7-3-1-4-8-13)14-9-5-2-6-10-14/h1-10,15-18,20H,11-12H2,(H,21,22)(H,23,24,25). The van der Waals surface area contributed by atoms with Crippen LogP contribution >= 0.6 is 7.92 Å². The van der Waals surface area contributed by atoms with Crippen molar-refractivity contribution >= 4 is 34.6 Å². The monoisotopic (exact) mass is 408 g/mol. The fraction of sp³-hybridized carbons (Fsp3) is 0.316. The van der Waals surface area contributed by atoms with E-state index in [4.69, 9.17) is 0 Å². The van der Waals surface area contributed by atoms with Crippen LogP contribution in [0.5, 0.6) is 0 Å². The summed E-state index contributed by atoms with van der Waals surface area (Å²) in [6, 6.07) is 18.8.